The van der Waals surface area contributed by atoms with Crippen molar-refractivity contribution in [2.45, 2.75) is 45.8 Å². The molecule has 122 valence electrons. The topological polar surface area (TPSA) is 52.6 Å². The number of hydrogen-bond donors (Lipinski definition) is 2. The average molecular weight is 304 g/mol. The normalized spacial score (nSPS) is 22.9. The summed E-state index contributed by atoms with van der Waals surface area (Å²) >= 11 is 0. The molecule has 1 unspecified atom stereocenters. The predicted octanol–water partition coefficient (Wildman–Crippen LogP) is 2.18. The molecular weight excluding hydrogens is 276 g/mol. The van der Waals surface area contributed by atoms with E-state index in [-0.39, 0.29) is 11.3 Å². The predicted molar refractivity (Wildman–Crippen MR) is 88.4 cm³/mol. The highest BCUT2D eigenvalue weighted by molar-refractivity contribution is 5.86. The van der Waals surface area contributed by atoms with Crippen LogP contribution >= 0.6 is 0 Å². The number of nitrogens with one attached hydrogen (secondary N) is 1. The molecule has 0 aliphatic carbocycles. The van der Waals surface area contributed by atoms with Crippen LogP contribution in [0.2, 0.25) is 0 Å². The highest BCUT2D eigenvalue weighted by Crippen LogP contribution is 2.25. The van der Waals surface area contributed by atoms with E-state index in [1.54, 1.807) is 0 Å². The van der Waals surface area contributed by atoms with Crippen molar-refractivity contribution in [2.24, 2.45) is 5.41 Å². The molecule has 0 saturated carbocycles. The van der Waals surface area contributed by atoms with Gasteiger partial charge in [0.1, 0.15) is 0 Å². The average Bonchev–Trinajstić information content (AvgIpc) is 2.44. The Bertz CT molecular complexity index is 496. The second-order valence-electron chi connectivity index (χ2n) is 7.51. The standard InChI is InChI=1S/C18H28N2O2/c1-17(2,3)14-20-11-7-10-18(22,16(20)21)13-19-12-15-8-5-4-6-9-15/h4-6,8-9,19,22H,7,10-14H2,1-3H3. The first-order valence-corrected chi connectivity index (χ1v) is 8.07. The zero-order valence-corrected chi connectivity index (χ0v) is 13.9. The minimum absolute atomic E-state index is 0.0470. The molecule has 22 heavy (non-hydrogen) atoms. The molecule has 1 amide bonds. The maximum Gasteiger partial charge on any atom is 0.255 e. The Balaban J connectivity index is 1.92. The van der Waals surface area contributed by atoms with E-state index in [0.29, 0.717) is 26.1 Å². The fourth-order valence-corrected chi connectivity index (χ4v) is 2.96. The Kier molecular flexibility index (Phi) is 5.24. The van der Waals surface area contributed by atoms with Gasteiger partial charge in [-0.25, -0.2) is 0 Å². The first-order chi connectivity index (χ1) is 10.3. The molecule has 1 aliphatic rings. The Labute approximate surface area is 133 Å². The molecule has 4 nitrogen and oxygen atoms in total. The van der Waals surface area contributed by atoms with E-state index < -0.39 is 5.60 Å². The third kappa shape index (κ3) is 4.55. The van der Waals surface area contributed by atoms with E-state index >= 15 is 0 Å². The molecule has 2 N–H and O–H groups in total. The fourth-order valence-electron chi connectivity index (χ4n) is 2.96. The molecule has 1 saturated heterocycles. The third-order valence-electron chi connectivity index (χ3n) is 3.96. The van der Waals surface area contributed by atoms with Gasteiger partial charge in [-0.3, -0.25) is 4.79 Å². The van der Waals surface area contributed by atoms with Crippen LogP contribution in [0.3, 0.4) is 0 Å². The van der Waals surface area contributed by atoms with Gasteiger partial charge in [-0.1, -0.05) is 51.1 Å². The molecule has 4 heteroatoms. The summed E-state index contributed by atoms with van der Waals surface area (Å²) < 4.78 is 0. The number of carbonyl (C=O) groups excluding carboxylic acids is 1. The van der Waals surface area contributed by atoms with Crippen LogP contribution in [0.15, 0.2) is 30.3 Å². The van der Waals surface area contributed by atoms with Crippen molar-refractivity contribution < 1.29 is 9.90 Å². The molecule has 1 aromatic rings. The van der Waals surface area contributed by atoms with Crippen LogP contribution in [0.5, 0.6) is 0 Å². The van der Waals surface area contributed by atoms with Gasteiger partial charge >= 0.3 is 0 Å². The van der Waals surface area contributed by atoms with Crippen LogP contribution < -0.4 is 5.32 Å². The van der Waals surface area contributed by atoms with Gasteiger partial charge in [0.15, 0.2) is 5.60 Å². The molecule has 0 bridgehead atoms. The van der Waals surface area contributed by atoms with Crippen molar-refractivity contribution in [1.29, 1.82) is 0 Å². The summed E-state index contributed by atoms with van der Waals surface area (Å²) in [4.78, 5) is 14.4. The molecule has 2 rings (SSSR count). The minimum Gasteiger partial charge on any atom is -0.379 e. The van der Waals surface area contributed by atoms with E-state index in [2.05, 4.69) is 26.1 Å². The molecule has 0 spiro atoms. The first kappa shape index (κ1) is 17.0. The highest BCUT2D eigenvalue weighted by Gasteiger charge is 2.42. The van der Waals surface area contributed by atoms with Gasteiger partial charge in [-0.2, -0.15) is 0 Å². The highest BCUT2D eigenvalue weighted by atomic mass is 16.3. The van der Waals surface area contributed by atoms with E-state index in [4.69, 9.17) is 0 Å². The lowest BCUT2D eigenvalue weighted by Gasteiger charge is -2.41. The molecule has 1 heterocycles. The number of rotatable bonds is 5. The summed E-state index contributed by atoms with van der Waals surface area (Å²) in [6.45, 7) is 8.74. The van der Waals surface area contributed by atoms with E-state index in [0.717, 1.165) is 18.5 Å². The molecule has 1 fully saturated rings. The van der Waals surface area contributed by atoms with Crippen molar-refractivity contribution in [3.63, 3.8) is 0 Å². The smallest absolute Gasteiger partial charge is 0.255 e. The SMILES string of the molecule is CC(C)(C)CN1CCCC(O)(CNCc2ccccc2)C1=O. The van der Waals surface area contributed by atoms with E-state index in [1.807, 2.05) is 35.2 Å². The minimum atomic E-state index is -1.27. The maximum atomic E-state index is 12.6. The van der Waals surface area contributed by atoms with Gasteiger partial charge in [0.05, 0.1) is 0 Å². The Morgan fingerprint density at radius 1 is 1.27 bits per heavy atom. The monoisotopic (exact) mass is 304 g/mol. The van der Waals surface area contributed by atoms with Gasteiger partial charge < -0.3 is 15.3 Å². The lowest BCUT2D eigenvalue weighted by atomic mass is 9.88. The molecular formula is C18H28N2O2. The molecule has 0 radical (unpaired) electrons. The molecule has 0 aromatic heterocycles. The quantitative estimate of drug-likeness (QED) is 0.876. The van der Waals surface area contributed by atoms with Crippen LogP contribution in [0.4, 0.5) is 0 Å². The second kappa shape index (κ2) is 6.80. The lowest BCUT2D eigenvalue weighted by molar-refractivity contribution is -0.158. The number of benzene rings is 1. The van der Waals surface area contributed by atoms with Crippen molar-refractivity contribution >= 4 is 5.91 Å². The summed E-state index contributed by atoms with van der Waals surface area (Å²) in [5.41, 5.74) is -0.0650. The molecule has 1 aromatic carbocycles. The fraction of sp³-hybridized carbons (Fsp3) is 0.611. The van der Waals surface area contributed by atoms with E-state index in [1.165, 1.54) is 0 Å². The summed E-state index contributed by atoms with van der Waals surface area (Å²) in [7, 11) is 0. The van der Waals surface area contributed by atoms with Crippen molar-refractivity contribution in [2.75, 3.05) is 19.6 Å². The number of hydrogen-bond acceptors (Lipinski definition) is 3. The van der Waals surface area contributed by atoms with Crippen molar-refractivity contribution in [3.05, 3.63) is 35.9 Å². The Hall–Kier alpha value is -1.39. The number of piperidine rings is 1. The molecule has 1 aliphatic heterocycles. The van der Waals surface area contributed by atoms with Gasteiger partial charge in [0, 0.05) is 26.2 Å². The zero-order chi connectivity index (χ0) is 16.2. The first-order valence-electron chi connectivity index (χ1n) is 8.07. The van der Waals surface area contributed by atoms with Crippen molar-refractivity contribution in [3.8, 4) is 0 Å². The van der Waals surface area contributed by atoms with Crippen molar-refractivity contribution in [1.82, 2.24) is 10.2 Å². The number of carbonyl (C=O) groups is 1. The number of aliphatic hydroxyl groups is 1. The second-order valence-corrected chi connectivity index (χ2v) is 7.51. The summed E-state index contributed by atoms with van der Waals surface area (Å²) in [6, 6.07) is 10.0. The number of amides is 1. The summed E-state index contributed by atoms with van der Waals surface area (Å²) in [5.74, 6) is -0.130. The molecule has 1 atom stereocenters. The van der Waals surface area contributed by atoms with Gasteiger partial charge in [-0.05, 0) is 23.8 Å². The number of nitrogens with zero attached hydrogens (tertiary/aromatic N) is 1. The van der Waals surface area contributed by atoms with Crippen LogP contribution in [0.25, 0.3) is 0 Å². The van der Waals surface area contributed by atoms with Crippen LogP contribution in [-0.4, -0.2) is 41.1 Å². The van der Waals surface area contributed by atoms with Crippen LogP contribution in [0.1, 0.15) is 39.2 Å². The van der Waals surface area contributed by atoms with Gasteiger partial charge in [-0.15, -0.1) is 0 Å². The van der Waals surface area contributed by atoms with Gasteiger partial charge in [0.2, 0.25) is 0 Å². The largest absolute Gasteiger partial charge is 0.379 e. The third-order valence-corrected chi connectivity index (χ3v) is 3.96. The maximum absolute atomic E-state index is 12.6. The Morgan fingerprint density at radius 2 is 1.95 bits per heavy atom. The van der Waals surface area contributed by atoms with Crippen LogP contribution in [0, 0.1) is 5.41 Å². The van der Waals surface area contributed by atoms with E-state index in [9.17, 15) is 9.90 Å². The Morgan fingerprint density at radius 3 is 2.59 bits per heavy atom. The zero-order valence-electron chi connectivity index (χ0n) is 13.9. The lowest BCUT2D eigenvalue weighted by Crippen LogP contribution is -2.59. The van der Waals surface area contributed by atoms with Gasteiger partial charge in [0.25, 0.3) is 5.91 Å². The summed E-state index contributed by atoms with van der Waals surface area (Å²) in [5, 5.41) is 14.0. The summed E-state index contributed by atoms with van der Waals surface area (Å²) in [6.07, 6.45) is 1.39. The number of likely N-dealkylation sites (tertiary alicyclic amines) is 1. The van der Waals surface area contributed by atoms with Crippen LogP contribution in [-0.2, 0) is 11.3 Å².